The number of hydrogen-bond donors (Lipinski definition) is 2. The molecule has 31 heavy (non-hydrogen) atoms. The van der Waals surface area contributed by atoms with Crippen LogP contribution >= 0.6 is 0 Å². The summed E-state index contributed by atoms with van der Waals surface area (Å²) < 4.78 is 18.4. The number of nitrogens with zero attached hydrogens (tertiary/aromatic N) is 2. The van der Waals surface area contributed by atoms with Gasteiger partial charge in [0.1, 0.15) is 11.5 Å². The van der Waals surface area contributed by atoms with Crippen LogP contribution < -0.4 is 10.2 Å². The van der Waals surface area contributed by atoms with Gasteiger partial charge in [0.2, 0.25) is 0 Å². The zero-order chi connectivity index (χ0) is 22.5. The Labute approximate surface area is 182 Å². The van der Waals surface area contributed by atoms with Crippen molar-refractivity contribution in [2.45, 2.75) is 33.8 Å². The molecule has 0 unspecified atom stereocenters. The molecular weight excluding hydrogens is 399 g/mol. The highest BCUT2D eigenvalue weighted by Gasteiger charge is 2.24. The molecule has 0 spiro atoms. The number of rotatable bonds is 7. The van der Waals surface area contributed by atoms with E-state index in [1.165, 1.54) is 12.1 Å². The van der Waals surface area contributed by atoms with E-state index in [2.05, 4.69) is 20.1 Å². The molecule has 1 saturated heterocycles. The average Bonchev–Trinajstić information content (AvgIpc) is 3.03. The van der Waals surface area contributed by atoms with E-state index in [9.17, 15) is 14.0 Å². The van der Waals surface area contributed by atoms with Crippen molar-refractivity contribution >= 4 is 17.6 Å². The quantitative estimate of drug-likeness (QED) is 0.661. The number of aromatic nitrogens is 1. The summed E-state index contributed by atoms with van der Waals surface area (Å²) in [6.45, 7) is 11.8. The van der Waals surface area contributed by atoms with Gasteiger partial charge in [0.05, 0.1) is 11.7 Å². The number of hydrogen-bond acceptors (Lipinski definition) is 5. The van der Waals surface area contributed by atoms with Crippen LogP contribution in [0.4, 0.5) is 10.1 Å². The molecular formula is C23H31FN4O3. The van der Waals surface area contributed by atoms with Gasteiger partial charge in [-0.05, 0) is 57.5 Å². The topological polar surface area (TPSA) is 77.7 Å². The number of benzene rings is 1. The smallest absolute Gasteiger partial charge is 0.340 e. The van der Waals surface area contributed by atoms with Gasteiger partial charge < -0.3 is 19.9 Å². The van der Waals surface area contributed by atoms with Crippen LogP contribution in [0.3, 0.4) is 0 Å². The van der Waals surface area contributed by atoms with E-state index < -0.39 is 5.97 Å². The molecule has 0 saturated carbocycles. The molecule has 8 heteroatoms. The number of nitrogens with one attached hydrogen (secondary N) is 2. The summed E-state index contributed by atoms with van der Waals surface area (Å²) in [7, 11) is 0. The maximum absolute atomic E-state index is 13.1. The molecule has 1 fully saturated rings. The zero-order valence-corrected chi connectivity index (χ0v) is 18.6. The highest BCUT2D eigenvalue weighted by molar-refractivity contribution is 6.00. The van der Waals surface area contributed by atoms with Gasteiger partial charge in [0, 0.05) is 50.6 Å². The number of aryl methyl sites for hydroxylation is 1. The Morgan fingerprint density at radius 1 is 1.13 bits per heavy atom. The van der Waals surface area contributed by atoms with Crippen LogP contribution in [0.1, 0.15) is 46.0 Å². The maximum atomic E-state index is 13.1. The number of carbonyl (C=O) groups is 2. The molecule has 2 aromatic rings. The third-order valence-electron chi connectivity index (χ3n) is 5.49. The first-order valence-electron chi connectivity index (χ1n) is 10.7. The van der Waals surface area contributed by atoms with Gasteiger partial charge in [0.15, 0.2) is 0 Å². The minimum absolute atomic E-state index is 0.220. The molecule has 168 valence electrons. The monoisotopic (exact) mass is 430 g/mol. The van der Waals surface area contributed by atoms with E-state index in [1.54, 1.807) is 39.8 Å². The number of aromatic amines is 1. The van der Waals surface area contributed by atoms with Crippen molar-refractivity contribution in [3.8, 4) is 0 Å². The predicted molar refractivity (Wildman–Crippen MR) is 118 cm³/mol. The van der Waals surface area contributed by atoms with Crippen molar-refractivity contribution in [1.82, 2.24) is 15.2 Å². The number of esters is 1. The summed E-state index contributed by atoms with van der Waals surface area (Å²) in [5.74, 6) is -0.872. The molecule has 1 aliphatic heterocycles. The van der Waals surface area contributed by atoms with Gasteiger partial charge >= 0.3 is 5.97 Å². The summed E-state index contributed by atoms with van der Waals surface area (Å²) in [6, 6.07) is 6.57. The van der Waals surface area contributed by atoms with Gasteiger partial charge in [-0.25, -0.2) is 9.18 Å². The third-order valence-corrected chi connectivity index (χ3v) is 5.49. The fraction of sp³-hybridized carbons (Fsp3) is 0.478. The van der Waals surface area contributed by atoms with E-state index >= 15 is 0 Å². The lowest BCUT2D eigenvalue weighted by molar-refractivity contribution is 0.0376. The first-order valence-corrected chi connectivity index (χ1v) is 10.7. The second-order valence-corrected chi connectivity index (χ2v) is 8.14. The SMILES string of the molecule is Cc1[nH]c(C(=O)NCCN2CCN(c3ccc(F)cc3)CC2)c(C)c1C(=O)OC(C)C. The summed E-state index contributed by atoms with van der Waals surface area (Å²) in [5, 5.41) is 2.94. The fourth-order valence-electron chi connectivity index (χ4n) is 3.85. The second-order valence-electron chi connectivity index (χ2n) is 8.14. The minimum atomic E-state index is -0.417. The molecule has 1 amide bonds. The summed E-state index contributed by atoms with van der Waals surface area (Å²) in [5.41, 5.74) is 3.09. The fourth-order valence-corrected chi connectivity index (χ4v) is 3.85. The Balaban J connectivity index is 1.48. The molecule has 0 bridgehead atoms. The molecule has 7 nitrogen and oxygen atoms in total. The molecule has 1 aromatic heterocycles. The normalized spacial score (nSPS) is 14.7. The standard InChI is InChI=1S/C23H31FN4O3/c1-15(2)31-23(30)20-16(3)21(26-17(20)4)22(29)25-9-10-27-11-13-28(14-12-27)19-7-5-18(24)6-8-19/h5-8,15,26H,9-14H2,1-4H3,(H,25,29). The largest absolute Gasteiger partial charge is 0.459 e. The van der Waals surface area contributed by atoms with Crippen molar-refractivity contribution in [3.05, 3.63) is 52.6 Å². The molecule has 2 heterocycles. The third kappa shape index (κ3) is 5.64. The van der Waals surface area contributed by atoms with Crippen molar-refractivity contribution in [2.75, 3.05) is 44.2 Å². The molecule has 0 atom stereocenters. The van der Waals surface area contributed by atoms with Crippen molar-refractivity contribution in [2.24, 2.45) is 0 Å². The number of ether oxygens (including phenoxy) is 1. The summed E-state index contributed by atoms with van der Waals surface area (Å²) in [4.78, 5) is 32.5. The molecule has 0 radical (unpaired) electrons. The molecule has 2 N–H and O–H groups in total. The summed E-state index contributed by atoms with van der Waals surface area (Å²) >= 11 is 0. The molecule has 1 aliphatic rings. The Morgan fingerprint density at radius 3 is 2.39 bits per heavy atom. The van der Waals surface area contributed by atoms with Crippen molar-refractivity contribution in [1.29, 1.82) is 0 Å². The van der Waals surface area contributed by atoms with E-state index in [4.69, 9.17) is 4.74 Å². The minimum Gasteiger partial charge on any atom is -0.459 e. The lowest BCUT2D eigenvalue weighted by Gasteiger charge is -2.36. The number of amides is 1. The zero-order valence-electron chi connectivity index (χ0n) is 18.6. The predicted octanol–water partition coefficient (Wildman–Crippen LogP) is 2.89. The highest BCUT2D eigenvalue weighted by Crippen LogP contribution is 2.20. The van der Waals surface area contributed by atoms with Crippen LogP contribution in [-0.2, 0) is 4.74 Å². The van der Waals surface area contributed by atoms with Gasteiger partial charge in [0.25, 0.3) is 5.91 Å². The number of halogens is 1. The van der Waals surface area contributed by atoms with Crippen LogP contribution in [-0.4, -0.2) is 67.1 Å². The number of anilines is 1. The molecule has 3 rings (SSSR count). The second kappa shape index (κ2) is 9.96. The van der Waals surface area contributed by atoms with Crippen LogP contribution in [0.15, 0.2) is 24.3 Å². The Bertz CT molecular complexity index is 916. The van der Waals surface area contributed by atoms with Crippen LogP contribution in [0.5, 0.6) is 0 Å². The first-order chi connectivity index (χ1) is 14.8. The van der Waals surface area contributed by atoms with Gasteiger partial charge in [-0.2, -0.15) is 0 Å². The average molecular weight is 431 g/mol. The van der Waals surface area contributed by atoms with E-state index in [0.29, 0.717) is 29.1 Å². The lowest BCUT2D eigenvalue weighted by atomic mass is 10.1. The Hall–Kier alpha value is -2.87. The van der Waals surface area contributed by atoms with Crippen LogP contribution in [0.25, 0.3) is 0 Å². The van der Waals surface area contributed by atoms with Crippen molar-refractivity contribution in [3.63, 3.8) is 0 Å². The number of piperazine rings is 1. The van der Waals surface area contributed by atoms with E-state index in [0.717, 1.165) is 38.4 Å². The molecule has 0 aliphatic carbocycles. The Kier molecular flexibility index (Phi) is 7.33. The maximum Gasteiger partial charge on any atom is 0.340 e. The van der Waals surface area contributed by atoms with E-state index in [-0.39, 0.29) is 17.8 Å². The van der Waals surface area contributed by atoms with Crippen molar-refractivity contribution < 1.29 is 18.7 Å². The van der Waals surface area contributed by atoms with Crippen LogP contribution in [0.2, 0.25) is 0 Å². The number of H-pyrrole nitrogens is 1. The van der Waals surface area contributed by atoms with E-state index in [1.807, 2.05) is 0 Å². The van der Waals surface area contributed by atoms with Crippen LogP contribution in [0, 0.1) is 19.7 Å². The molecule has 1 aromatic carbocycles. The highest BCUT2D eigenvalue weighted by atomic mass is 19.1. The van der Waals surface area contributed by atoms with Gasteiger partial charge in [-0.3, -0.25) is 9.69 Å². The Morgan fingerprint density at radius 2 is 1.77 bits per heavy atom. The first kappa shape index (κ1) is 22.8. The number of carbonyl (C=O) groups excluding carboxylic acids is 2. The summed E-state index contributed by atoms with van der Waals surface area (Å²) in [6.07, 6.45) is -0.220. The van der Waals surface area contributed by atoms with Gasteiger partial charge in [-0.1, -0.05) is 0 Å². The lowest BCUT2D eigenvalue weighted by Crippen LogP contribution is -2.48. The van der Waals surface area contributed by atoms with Gasteiger partial charge in [-0.15, -0.1) is 0 Å².